The van der Waals surface area contributed by atoms with Crippen LogP contribution in [-0.4, -0.2) is 21.5 Å². The fourth-order valence-corrected chi connectivity index (χ4v) is 3.07. The molecule has 136 valence electrons. The van der Waals surface area contributed by atoms with Crippen molar-refractivity contribution in [2.45, 2.75) is 19.5 Å². The molecule has 0 aliphatic carbocycles. The predicted octanol–water partition coefficient (Wildman–Crippen LogP) is 3.33. The number of fused-ring (bicyclic) bond motifs is 1. The lowest BCUT2D eigenvalue weighted by Gasteiger charge is -2.24. The van der Waals surface area contributed by atoms with Crippen LogP contribution in [0.2, 0.25) is 0 Å². The van der Waals surface area contributed by atoms with E-state index in [-0.39, 0.29) is 0 Å². The van der Waals surface area contributed by atoms with Crippen molar-refractivity contribution in [1.29, 1.82) is 0 Å². The fourth-order valence-electron chi connectivity index (χ4n) is 3.07. The Morgan fingerprint density at radius 3 is 2.59 bits per heavy atom. The van der Waals surface area contributed by atoms with Crippen LogP contribution in [0.4, 0.5) is 5.82 Å². The second-order valence-corrected chi connectivity index (χ2v) is 6.28. The summed E-state index contributed by atoms with van der Waals surface area (Å²) in [6.07, 6.45) is 4.13. The summed E-state index contributed by atoms with van der Waals surface area (Å²) in [6, 6.07) is 17.8. The van der Waals surface area contributed by atoms with Crippen LogP contribution in [0.3, 0.4) is 0 Å². The summed E-state index contributed by atoms with van der Waals surface area (Å²) >= 11 is 0. The zero-order valence-corrected chi connectivity index (χ0v) is 15.0. The lowest BCUT2D eigenvalue weighted by atomic mass is 10.2. The Bertz CT molecular complexity index is 1000. The maximum Gasteiger partial charge on any atom is 0.140 e. The van der Waals surface area contributed by atoms with E-state index in [4.69, 9.17) is 15.1 Å². The van der Waals surface area contributed by atoms with Gasteiger partial charge in [-0.2, -0.15) is 0 Å². The highest BCUT2D eigenvalue weighted by Crippen LogP contribution is 2.27. The van der Waals surface area contributed by atoms with Gasteiger partial charge in [0.05, 0.1) is 30.6 Å². The van der Waals surface area contributed by atoms with Gasteiger partial charge in [0.15, 0.2) is 0 Å². The SMILES string of the molecule is NCCc1nc(N(Cc2ccccn2)Cc2ccco2)c2ccccc2n1. The molecule has 0 amide bonds. The van der Waals surface area contributed by atoms with Gasteiger partial charge in [-0.15, -0.1) is 0 Å². The summed E-state index contributed by atoms with van der Waals surface area (Å²) < 4.78 is 5.59. The number of rotatable bonds is 7. The van der Waals surface area contributed by atoms with Crippen LogP contribution in [0.5, 0.6) is 0 Å². The minimum absolute atomic E-state index is 0.510. The van der Waals surface area contributed by atoms with Crippen molar-refractivity contribution in [3.63, 3.8) is 0 Å². The van der Waals surface area contributed by atoms with Crippen molar-refractivity contribution in [2.75, 3.05) is 11.4 Å². The largest absolute Gasteiger partial charge is 0.467 e. The number of aromatic nitrogens is 3. The second-order valence-electron chi connectivity index (χ2n) is 6.28. The first-order valence-electron chi connectivity index (χ1n) is 8.96. The Hall–Kier alpha value is -3.25. The number of nitrogens with zero attached hydrogens (tertiary/aromatic N) is 4. The first-order chi connectivity index (χ1) is 13.3. The van der Waals surface area contributed by atoms with Crippen LogP contribution >= 0.6 is 0 Å². The molecule has 4 rings (SSSR count). The minimum atomic E-state index is 0.510. The molecule has 0 unspecified atom stereocenters. The standard InChI is InChI=1S/C21H21N5O/c22-11-10-20-24-19-9-2-1-8-18(19)21(25-20)26(15-17-7-5-13-27-17)14-16-6-3-4-12-23-16/h1-9,12-13H,10-11,14-15,22H2. The maximum absolute atomic E-state index is 5.75. The molecule has 1 aromatic carbocycles. The molecule has 0 fully saturated rings. The van der Waals surface area contributed by atoms with Crippen molar-refractivity contribution in [3.8, 4) is 0 Å². The Morgan fingerprint density at radius 2 is 1.81 bits per heavy atom. The van der Waals surface area contributed by atoms with E-state index in [1.54, 1.807) is 12.5 Å². The average Bonchev–Trinajstić information content (AvgIpc) is 3.21. The highest BCUT2D eigenvalue weighted by Gasteiger charge is 2.17. The van der Waals surface area contributed by atoms with Crippen LogP contribution in [0.25, 0.3) is 10.9 Å². The molecule has 0 radical (unpaired) electrons. The van der Waals surface area contributed by atoms with Crippen LogP contribution in [-0.2, 0) is 19.5 Å². The van der Waals surface area contributed by atoms with E-state index >= 15 is 0 Å². The first-order valence-corrected chi connectivity index (χ1v) is 8.96. The summed E-state index contributed by atoms with van der Waals surface area (Å²) in [5.74, 6) is 2.48. The van der Waals surface area contributed by atoms with Crippen LogP contribution in [0.15, 0.2) is 71.5 Å². The molecule has 0 spiro atoms. The topological polar surface area (TPSA) is 81.1 Å². The number of anilines is 1. The van der Waals surface area contributed by atoms with Gasteiger partial charge in [-0.3, -0.25) is 4.98 Å². The third-order valence-electron chi connectivity index (χ3n) is 4.30. The predicted molar refractivity (Wildman–Crippen MR) is 105 cm³/mol. The Kier molecular flexibility index (Phi) is 5.07. The fraction of sp³-hybridized carbons (Fsp3) is 0.190. The van der Waals surface area contributed by atoms with E-state index in [0.29, 0.717) is 26.1 Å². The number of hydrogen-bond donors (Lipinski definition) is 1. The molecular formula is C21H21N5O. The Labute approximate surface area is 157 Å². The smallest absolute Gasteiger partial charge is 0.140 e. The molecule has 0 saturated heterocycles. The Balaban J connectivity index is 1.80. The molecule has 0 aliphatic rings. The summed E-state index contributed by atoms with van der Waals surface area (Å²) in [7, 11) is 0. The lowest BCUT2D eigenvalue weighted by Crippen LogP contribution is -2.24. The molecule has 6 heteroatoms. The summed E-state index contributed by atoms with van der Waals surface area (Å²) in [5, 5.41) is 1.00. The number of furan rings is 1. The van der Waals surface area contributed by atoms with Gasteiger partial charge in [-0.25, -0.2) is 9.97 Å². The lowest BCUT2D eigenvalue weighted by molar-refractivity contribution is 0.500. The van der Waals surface area contributed by atoms with Gasteiger partial charge in [0.2, 0.25) is 0 Å². The molecular weight excluding hydrogens is 338 g/mol. The maximum atomic E-state index is 5.75. The molecule has 0 saturated carbocycles. The molecule has 3 aromatic heterocycles. The highest BCUT2D eigenvalue weighted by atomic mass is 16.3. The van der Waals surface area contributed by atoms with E-state index in [9.17, 15) is 0 Å². The van der Waals surface area contributed by atoms with Crippen molar-refractivity contribution in [3.05, 3.63) is 84.3 Å². The van der Waals surface area contributed by atoms with Gasteiger partial charge in [0.25, 0.3) is 0 Å². The van der Waals surface area contributed by atoms with Crippen molar-refractivity contribution < 1.29 is 4.42 Å². The van der Waals surface area contributed by atoms with Crippen molar-refractivity contribution in [1.82, 2.24) is 15.0 Å². The van der Waals surface area contributed by atoms with Crippen LogP contribution in [0, 0.1) is 0 Å². The van der Waals surface area contributed by atoms with Crippen molar-refractivity contribution in [2.24, 2.45) is 5.73 Å². The molecule has 4 aromatic rings. The molecule has 0 aliphatic heterocycles. The minimum Gasteiger partial charge on any atom is -0.467 e. The highest BCUT2D eigenvalue weighted by molar-refractivity contribution is 5.89. The first kappa shape index (κ1) is 17.2. The normalized spacial score (nSPS) is 11.0. The number of benzene rings is 1. The van der Waals surface area contributed by atoms with Gasteiger partial charge in [-0.1, -0.05) is 18.2 Å². The Morgan fingerprint density at radius 1 is 0.926 bits per heavy atom. The number of para-hydroxylation sites is 1. The second kappa shape index (κ2) is 7.97. The quantitative estimate of drug-likeness (QED) is 0.545. The third-order valence-corrected chi connectivity index (χ3v) is 4.30. The summed E-state index contributed by atoms with van der Waals surface area (Å²) in [4.78, 5) is 16.1. The van der Waals surface area contributed by atoms with Crippen LogP contribution in [0.1, 0.15) is 17.3 Å². The molecule has 3 heterocycles. The summed E-state index contributed by atoms with van der Waals surface area (Å²) in [6.45, 7) is 1.72. The summed E-state index contributed by atoms with van der Waals surface area (Å²) in [5.41, 5.74) is 7.62. The van der Waals surface area contributed by atoms with E-state index in [0.717, 1.165) is 34.0 Å². The van der Waals surface area contributed by atoms with Gasteiger partial charge in [0, 0.05) is 18.0 Å². The van der Waals surface area contributed by atoms with Gasteiger partial charge in [0.1, 0.15) is 17.4 Å². The van der Waals surface area contributed by atoms with E-state index in [1.165, 1.54) is 0 Å². The molecule has 0 bridgehead atoms. The van der Waals surface area contributed by atoms with Crippen molar-refractivity contribution >= 4 is 16.7 Å². The zero-order valence-electron chi connectivity index (χ0n) is 15.0. The van der Waals surface area contributed by atoms with Gasteiger partial charge >= 0.3 is 0 Å². The molecule has 6 nitrogen and oxygen atoms in total. The molecule has 2 N–H and O–H groups in total. The number of hydrogen-bond acceptors (Lipinski definition) is 6. The van der Waals surface area contributed by atoms with E-state index in [1.807, 2.05) is 54.6 Å². The van der Waals surface area contributed by atoms with E-state index in [2.05, 4.69) is 14.9 Å². The third kappa shape index (κ3) is 3.96. The van der Waals surface area contributed by atoms with Gasteiger partial charge in [-0.05, 0) is 42.9 Å². The number of pyridine rings is 1. The molecule has 0 atom stereocenters. The zero-order chi connectivity index (χ0) is 18.5. The molecule has 27 heavy (non-hydrogen) atoms. The monoisotopic (exact) mass is 359 g/mol. The van der Waals surface area contributed by atoms with E-state index < -0.39 is 0 Å². The average molecular weight is 359 g/mol. The van der Waals surface area contributed by atoms with Crippen LogP contribution < -0.4 is 10.6 Å². The number of nitrogens with two attached hydrogens (primary N) is 1. The van der Waals surface area contributed by atoms with Gasteiger partial charge < -0.3 is 15.1 Å².